The van der Waals surface area contributed by atoms with Crippen LogP contribution < -0.4 is 10.6 Å². The van der Waals surface area contributed by atoms with Gasteiger partial charge in [-0.25, -0.2) is 0 Å². The first-order valence-electron chi connectivity index (χ1n) is 7.89. The fraction of sp³-hybridized carbons (Fsp3) is 0.647. The highest BCUT2D eigenvalue weighted by Gasteiger charge is 2.25. The summed E-state index contributed by atoms with van der Waals surface area (Å²) in [5.41, 5.74) is 2.98. The van der Waals surface area contributed by atoms with Gasteiger partial charge < -0.3 is 10.6 Å². The van der Waals surface area contributed by atoms with Gasteiger partial charge in [-0.05, 0) is 49.8 Å². The molecule has 1 saturated carbocycles. The van der Waals surface area contributed by atoms with E-state index < -0.39 is 0 Å². The minimum atomic E-state index is 0.529. The Kier molecular flexibility index (Phi) is 4.19. The Morgan fingerprint density at radius 3 is 2.79 bits per heavy atom. The maximum Gasteiger partial charge on any atom is 0.0337 e. The molecule has 2 heteroatoms. The van der Waals surface area contributed by atoms with Crippen LogP contribution in [0.3, 0.4) is 0 Å². The lowest BCUT2D eigenvalue weighted by molar-refractivity contribution is 0.335. The van der Waals surface area contributed by atoms with E-state index in [1.165, 1.54) is 43.2 Å². The van der Waals surface area contributed by atoms with Crippen molar-refractivity contribution in [2.75, 3.05) is 6.54 Å². The Balaban J connectivity index is 1.72. The zero-order valence-corrected chi connectivity index (χ0v) is 12.0. The summed E-state index contributed by atoms with van der Waals surface area (Å²) >= 11 is 0. The van der Waals surface area contributed by atoms with Gasteiger partial charge in [0.15, 0.2) is 0 Å². The van der Waals surface area contributed by atoms with E-state index in [0.717, 1.165) is 19.0 Å². The Bertz CT molecular complexity index is 409. The molecule has 0 amide bonds. The van der Waals surface area contributed by atoms with Crippen molar-refractivity contribution >= 4 is 0 Å². The number of rotatable bonds is 3. The molecule has 2 N–H and O–H groups in total. The quantitative estimate of drug-likeness (QED) is 0.868. The molecule has 3 rings (SSSR count). The first-order valence-corrected chi connectivity index (χ1v) is 7.89. The molecule has 1 aliphatic heterocycles. The van der Waals surface area contributed by atoms with Gasteiger partial charge in [-0.2, -0.15) is 0 Å². The molecule has 0 radical (unpaired) electrons. The molecular formula is C17H26N2. The van der Waals surface area contributed by atoms with E-state index in [1.54, 1.807) is 0 Å². The molecule has 0 spiro atoms. The summed E-state index contributed by atoms with van der Waals surface area (Å²) in [7, 11) is 0. The molecule has 2 atom stereocenters. The third kappa shape index (κ3) is 3.01. The maximum atomic E-state index is 3.92. The average Bonchev–Trinajstić information content (AvgIpc) is 2.90. The van der Waals surface area contributed by atoms with Crippen LogP contribution in [0.1, 0.15) is 56.2 Å². The van der Waals surface area contributed by atoms with Crippen LogP contribution in [-0.4, -0.2) is 12.6 Å². The molecule has 1 aliphatic carbocycles. The van der Waals surface area contributed by atoms with Crippen molar-refractivity contribution in [3.05, 3.63) is 35.4 Å². The molecule has 2 nitrogen and oxygen atoms in total. The normalized spacial score (nSPS) is 25.8. The van der Waals surface area contributed by atoms with E-state index in [4.69, 9.17) is 0 Å². The number of hydrogen-bond acceptors (Lipinski definition) is 2. The van der Waals surface area contributed by atoms with E-state index in [1.807, 2.05) is 0 Å². The van der Waals surface area contributed by atoms with Crippen LogP contribution in [0.2, 0.25) is 0 Å². The molecule has 1 unspecified atom stereocenters. The van der Waals surface area contributed by atoms with E-state index in [2.05, 4.69) is 41.8 Å². The Morgan fingerprint density at radius 1 is 1.16 bits per heavy atom. The third-order valence-corrected chi connectivity index (χ3v) is 4.93. The van der Waals surface area contributed by atoms with Crippen molar-refractivity contribution in [1.29, 1.82) is 0 Å². The second kappa shape index (κ2) is 6.06. The van der Waals surface area contributed by atoms with Crippen molar-refractivity contribution < 1.29 is 0 Å². The van der Waals surface area contributed by atoms with Crippen LogP contribution in [0.25, 0.3) is 0 Å². The first kappa shape index (κ1) is 13.1. The topological polar surface area (TPSA) is 24.1 Å². The summed E-state index contributed by atoms with van der Waals surface area (Å²) in [5.74, 6) is 0.892. The lowest BCUT2D eigenvalue weighted by Crippen LogP contribution is -2.36. The maximum absolute atomic E-state index is 3.92. The number of nitrogens with one attached hydrogen (secondary N) is 2. The van der Waals surface area contributed by atoms with Crippen LogP contribution in [0, 0.1) is 5.92 Å². The highest BCUT2D eigenvalue weighted by molar-refractivity contribution is 5.31. The number of hydrogen-bond donors (Lipinski definition) is 2. The molecule has 1 heterocycles. The molecule has 1 aromatic rings. The fourth-order valence-corrected chi connectivity index (χ4v) is 3.74. The predicted octanol–water partition coefficient (Wildman–Crippen LogP) is 3.39. The molecule has 0 saturated heterocycles. The van der Waals surface area contributed by atoms with Crippen molar-refractivity contribution in [2.45, 2.75) is 57.7 Å². The highest BCUT2D eigenvalue weighted by atomic mass is 15.0. The van der Waals surface area contributed by atoms with Gasteiger partial charge in [0.1, 0.15) is 0 Å². The molecular weight excluding hydrogens is 232 g/mol. The van der Waals surface area contributed by atoms with Gasteiger partial charge in [-0.1, -0.05) is 37.1 Å². The Labute approximate surface area is 117 Å². The standard InChI is InChI=1S/C17H26N2/c1-13(14-6-2-3-7-14)19-17-10-11-18-12-15-8-4-5-9-16(15)17/h4-5,8-9,13-14,17-19H,2-3,6-7,10-12H2,1H3/t13-,17?/m0/s1. The zero-order valence-electron chi connectivity index (χ0n) is 12.0. The van der Waals surface area contributed by atoms with E-state index in [9.17, 15) is 0 Å². The van der Waals surface area contributed by atoms with Crippen molar-refractivity contribution in [3.8, 4) is 0 Å². The molecule has 1 aromatic carbocycles. The Morgan fingerprint density at radius 2 is 1.95 bits per heavy atom. The van der Waals surface area contributed by atoms with Gasteiger partial charge in [0, 0.05) is 18.6 Å². The summed E-state index contributed by atoms with van der Waals surface area (Å²) < 4.78 is 0. The summed E-state index contributed by atoms with van der Waals surface area (Å²) in [6.07, 6.45) is 6.90. The van der Waals surface area contributed by atoms with Gasteiger partial charge in [0.25, 0.3) is 0 Å². The monoisotopic (exact) mass is 258 g/mol. The molecule has 0 bridgehead atoms. The Hall–Kier alpha value is -0.860. The van der Waals surface area contributed by atoms with Crippen LogP contribution in [0.5, 0.6) is 0 Å². The second-order valence-electron chi connectivity index (χ2n) is 6.22. The molecule has 1 fully saturated rings. The highest BCUT2D eigenvalue weighted by Crippen LogP contribution is 2.30. The minimum Gasteiger partial charge on any atom is -0.313 e. The SMILES string of the molecule is C[C@H](NC1CCNCc2ccccc21)C1CCCC1. The predicted molar refractivity (Wildman–Crippen MR) is 80.1 cm³/mol. The molecule has 2 aliphatic rings. The second-order valence-corrected chi connectivity index (χ2v) is 6.22. The number of fused-ring (bicyclic) bond motifs is 1. The minimum absolute atomic E-state index is 0.529. The average molecular weight is 258 g/mol. The van der Waals surface area contributed by atoms with E-state index >= 15 is 0 Å². The summed E-state index contributed by atoms with van der Waals surface area (Å²) in [4.78, 5) is 0. The summed E-state index contributed by atoms with van der Waals surface area (Å²) in [6.45, 7) is 4.52. The van der Waals surface area contributed by atoms with Gasteiger partial charge in [0.2, 0.25) is 0 Å². The smallest absolute Gasteiger partial charge is 0.0337 e. The summed E-state index contributed by atoms with van der Waals surface area (Å²) in [6, 6.07) is 10.1. The first-order chi connectivity index (χ1) is 9.34. The largest absolute Gasteiger partial charge is 0.313 e. The van der Waals surface area contributed by atoms with Crippen molar-refractivity contribution in [3.63, 3.8) is 0 Å². The van der Waals surface area contributed by atoms with Gasteiger partial charge in [-0.15, -0.1) is 0 Å². The van der Waals surface area contributed by atoms with Crippen LogP contribution in [0.4, 0.5) is 0 Å². The molecule has 19 heavy (non-hydrogen) atoms. The van der Waals surface area contributed by atoms with Gasteiger partial charge in [-0.3, -0.25) is 0 Å². The van der Waals surface area contributed by atoms with E-state index in [-0.39, 0.29) is 0 Å². The zero-order chi connectivity index (χ0) is 13.1. The van der Waals surface area contributed by atoms with Crippen molar-refractivity contribution in [1.82, 2.24) is 10.6 Å². The fourth-order valence-electron chi connectivity index (χ4n) is 3.74. The summed E-state index contributed by atoms with van der Waals surface area (Å²) in [5, 5.41) is 7.45. The third-order valence-electron chi connectivity index (χ3n) is 4.93. The van der Waals surface area contributed by atoms with Crippen molar-refractivity contribution in [2.24, 2.45) is 5.92 Å². The van der Waals surface area contributed by atoms with Crippen LogP contribution in [0.15, 0.2) is 24.3 Å². The molecule has 0 aromatic heterocycles. The lowest BCUT2D eigenvalue weighted by Gasteiger charge is -2.27. The van der Waals surface area contributed by atoms with Gasteiger partial charge in [0.05, 0.1) is 0 Å². The van der Waals surface area contributed by atoms with Gasteiger partial charge >= 0.3 is 0 Å². The van der Waals surface area contributed by atoms with Crippen LogP contribution in [-0.2, 0) is 6.54 Å². The lowest BCUT2D eigenvalue weighted by atomic mass is 9.94. The molecule has 104 valence electrons. The number of benzene rings is 1. The van der Waals surface area contributed by atoms with E-state index in [0.29, 0.717) is 12.1 Å². The van der Waals surface area contributed by atoms with Crippen LogP contribution >= 0.6 is 0 Å².